The van der Waals surface area contributed by atoms with E-state index in [-0.39, 0.29) is 0 Å². The molecule has 0 amide bonds. The number of ether oxygens (including phenoxy) is 1. The van der Waals surface area contributed by atoms with Crippen LogP contribution in [0.1, 0.15) is 19.3 Å². The van der Waals surface area contributed by atoms with Crippen LogP contribution in [0.5, 0.6) is 0 Å². The molecule has 3 rings (SSSR count). The van der Waals surface area contributed by atoms with Gasteiger partial charge in [0, 0.05) is 50.7 Å². The van der Waals surface area contributed by atoms with Crippen LogP contribution < -0.4 is 5.32 Å². The molecule has 1 aromatic heterocycles. The highest BCUT2D eigenvalue weighted by Crippen LogP contribution is 2.19. The fraction of sp³-hybridized carbons (Fsp3) is 0.786. The van der Waals surface area contributed by atoms with E-state index in [1.807, 2.05) is 18.7 Å². The Labute approximate surface area is 114 Å². The van der Waals surface area contributed by atoms with E-state index >= 15 is 0 Å². The quantitative estimate of drug-likeness (QED) is 0.788. The molecule has 1 unspecified atom stereocenters. The average Bonchev–Trinajstić information content (AvgIpc) is 3.13. The first-order chi connectivity index (χ1) is 9.42. The van der Waals surface area contributed by atoms with Crippen molar-refractivity contribution in [3.8, 4) is 0 Å². The highest BCUT2D eigenvalue weighted by atomic mass is 16.5. The van der Waals surface area contributed by atoms with Crippen molar-refractivity contribution < 1.29 is 4.74 Å². The summed E-state index contributed by atoms with van der Waals surface area (Å²) in [5, 5.41) is 3.62. The minimum Gasteiger partial charge on any atom is -0.378 e. The van der Waals surface area contributed by atoms with Crippen molar-refractivity contribution in [2.75, 3.05) is 32.8 Å². The molecule has 5 nitrogen and oxygen atoms in total. The molecular formula is C14H24N4O. The zero-order valence-electron chi connectivity index (χ0n) is 11.5. The lowest BCUT2D eigenvalue weighted by Crippen LogP contribution is -2.51. The number of hydrogen-bond acceptors (Lipinski definition) is 4. The second kappa shape index (κ2) is 6.50. The molecule has 0 aromatic carbocycles. The highest BCUT2D eigenvalue weighted by Gasteiger charge is 2.26. The van der Waals surface area contributed by atoms with E-state index in [1.54, 1.807) is 0 Å². The van der Waals surface area contributed by atoms with E-state index in [0.29, 0.717) is 6.04 Å². The zero-order chi connectivity index (χ0) is 12.9. The molecular weight excluding hydrogens is 240 g/mol. The van der Waals surface area contributed by atoms with Crippen molar-refractivity contribution in [1.29, 1.82) is 0 Å². The molecule has 2 heterocycles. The molecule has 2 aliphatic rings. The van der Waals surface area contributed by atoms with Crippen LogP contribution in [0.2, 0.25) is 0 Å². The van der Waals surface area contributed by atoms with Crippen molar-refractivity contribution in [1.82, 2.24) is 19.8 Å². The summed E-state index contributed by atoms with van der Waals surface area (Å²) in [6, 6.07) is 1.34. The Kier molecular flexibility index (Phi) is 4.48. The second-order valence-electron chi connectivity index (χ2n) is 5.60. The van der Waals surface area contributed by atoms with Gasteiger partial charge in [0.25, 0.3) is 0 Å². The van der Waals surface area contributed by atoms with Gasteiger partial charge in [0.2, 0.25) is 0 Å². The van der Waals surface area contributed by atoms with Crippen molar-refractivity contribution >= 4 is 0 Å². The standard InChI is InChI=1S/C14H24N4O/c1(5-17-7-4-15-12-17)6-18-8-9-19-11-14(18)10-16-13-2-3-13/h4,7,12-14,16H,1-3,5-6,8-11H2. The number of hydrogen-bond donors (Lipinski definition) is 1. The molecule has 0 bridgehead atoms. The molecule has 19 heavy (non-hydrogen) atoms. The van der Waals surface area contributed by atoms with Gasteiger partial charge in [-0.3, -0.25) is 4.90 Å². The molecule has 1 aromatic rings. The molecule has 1 atom stereocenters. The average molecular weight is 264 g/mol. The largest absolute Gasteiger partial charge is 0.378 e. The number of imidazole rings is 1. The van der Waals surface area contributed by atoms with Gasteiger partial charge in [-0.1, -0.05) is 0 Å². The number of rotatable bonds is 7. The van der Waals surface area contributed by atoms with Crippen LogP contribution in [-0.4, -0.2) is 59.4 Å². The van der Waals surface area contributed by atoms with Gasteiger partial charge in [-0.15, -0.1) is 0 Å². The van der Waals surface area contributed by atoms with Crippen LogP contribution in [0.3, 0.4) is 0 Å². The monoisotopic (exact) mass is 264 g/mol. The number of nitrogens with zero attached hydrogens (tertiary/aromatic N) is 3. The van der Waals surface area contributed by atoms with Crippen LogP contribution >= 0.6 is 0 Å². The summed E-state index contributed by atoms with van der Waals surface area (Å²) in [6.07, 6.45) is 9.66. The molecule has 0 radical (unpaired) electrons. The lowest BCUT2D eigenvalue weighted by Gasteiger charge is -2.35. The third-order valence-corrected chi connectivity index (χ3v) is 3.99. The van der Waals surface area contributed by atoms with Gasteiger partial charge in [0.1, 0.15) is 0 Å². The second-order valence-corrected chi connectivity index (χ2v) is 5.60. The Morgan fingerprint density at radius 2 is 2.26 bits per heavy atom. The third-order valence-electron chi connectivity index (χ3n) is 3.99. The molecule has 106 valence electrons. The minimum absolute atomic E-state index is 0.553. The summed E-state index contributed by atoms with van der Waals surface area (Å²) >= 11 is 0. The van der Waals surface area contributed by atoms with E-state index < -0.39 is 0 Å². The number of aromatic nitrogens is 2. The van der Waals surface area contributed by atoms with Crippen LogP contribution in [-0.2, 0) is 11.3 Å². The van der Waals surface area contributed by atoms with E-state index in [9.17, 15) is 0 Å². The molecule has 0 spiro atoms. The minimum atomic E-state index is 0.553. The predicted molar refractivity (Wildman–Crippen MR) is 74.0 cm³/mol. The lowest BCUT2D eigenvalue weighted by atomic mass is 10.2. The van der Waals surface area contributed by atoms with E-state index in [1.165, 1.54) is 19.3 Å². The Morgan fingerprint density at radius 3 is 3.05 bits per heavy atom. The van der Waals surface area contributed by atoms with E-state index in [2.05, 4.69) is 19.8 Å². The summed E-state index contributed by atoms with van der Waals surface area (Å²) in [5.41, 5.74) is 0. The normalized spacial score (nSPS) is 24.7. The first-order valence-corrected chi connectivity index (χ1v) is 7.43. The molecule has 2 fully saturated rings. The maximum absolute atomic E-state index is 5.62. The van der Waals surface area contributed by atoms with E-state index in [0.717, 1.165) is 45.4 Å². The fourth-order valence-corrected chi connectivity index (χ4v) is 2.64. The van der Waals surface area contributed by atoms with Crippen LogP contribution in [0.25, 0.3) is 0 Å². The summed E-state index contributed by atoms with van der Waals surface area (Å²) in [4.78, 5) is 6.66. The summed E-state index contributed by atoms with van der Waals surface area (Å²) in [7, 11) is 0. The molecule has 1 N–H and O–H groups in total. The van der Waals surface area contributed by atoms with Gasteiger partial charge < -0.3 is 14.6 Å². The molecule has 1 saturated heterocycles. The number of aryl methyl sites for hydroxylation is 1. The number of morpholine rings is 1. The summed E-state index contributed by atoms with van der Waals surface area (Å²) in [6.45, 7) is 6.12. The Hall–Kier alpha value is -0.910. The van der Waals surface area contributed by atoms with Crippen LogP contribution in [0, 0.1) is 0 Å². The van der Waals surface area contributed by atoms with Gasteiger partial charge in [0.15, 0.2) is 0 Å². The molecule has 5 heteroatoms. The van der Waals surface area contributed by atoms with Gasteiger partial charge in [-0.05, 0) is 19.3 Å². The highest BCUT2D eigenvalue weighted by molar-refractivity contribution is 4.85. The Bertz CT molecular complexity index is 364. The van der Waals surface area contributed by atoms with E-state index in [4.69, 9.17) is 4.74 Å². The first kappa shape index (κ1) is 13.1. The Morgan fingerprint density at radius 1 is 1.32 bits per heavy atom. The van der Waals surface area contributed by atoms with Crippen molar-refractivity contribution in [2.24, 2.45) is 0 Å². The third kappa shape index (κ3) is 4.03. The van der Waals surface area contributed by atoms with Crippen molar-refractivity contribution in [3.63, 3.8) is 0 Å². The molecule has 1 saturated carbocycles. The number of nitrogens with one attached hydrogen (secondary N) is 1. The van der Waals surface area contributed by atoms with Gasteiger partial charge in [-0.25, -0.2) is 4.98 Å². The van der Waals surface area contributed by atoms with Gasteiger partial charge in [0.05, 0.1) is 19.5 Å². The topological polar surface area (TPSA) is 42.3 Å². The molecule has 1 aliphatic heterocycles. The van der Waals surface area contributed by atoms with Crippen molar-refractivity contribution in [3.05, 3.63) is 18.7 Å². The molecule has 1 aliphatic carbocycles. The maximum atomic E-state index is 5.62. The van der Waals surface area contributed by atoms with Crippen LogP contribution in [0.15, 0.2) is 18.7 Å². The van der Waals surface area contributed by atoms with Gasteiger partial charge >= 0.3 is 0 Å². The lowest BCUT2D eigenvalue weighted by molar-refractivity contribution is -0.00771. The summed E-state index contributed by atoms with van der Waals surface area (Å²) < 4.78 is 7.77. The zero-order valence-corrected chi connectivity index (χ0v) is 11.5. The SMILES string of the molecule is c1cn(CCCN2CCOCC2CNC2CC2)cn1. The summed E-state index contributed by atoms with van der Waals surface area (Å²) in [5.74, 6) is 0. The maximum Gasteiger partial charge on any atom is 0.0945 e. The Balaban J connectivity index is 1.40. The van der Waals surface area contributed by atoms with Crippen molar-refractivity contribution in [2.45, 2.75) is 37.9 Å². The smallest absolute Gasteiger partial charge is 0.0945 e. The predicted octanol–water partition coefficient (Wildman–Crippen LogP) is 0.726. The fourth-order valence-electron chi connectivity index (χ4n) is 2.64. The van der Waals surface area contributed by atoms with Gasteiger partial charge in [-0.2, -0.15) is 0 Å². The first-order valence-electron chi connectivity index (χ1n) is 7.43. The van der Waals surface area contributed by atoms with Crippen LogP contribution in [0.4, 0.5) is 0 Å².